The van der Waals surface area contributed by atoms with E-state index in [0.29, 0.717) is 25.9 Å². The first-order valence-electron chi connectivity index (χ1n) is 16.0. The average molecular weight is 637 g/mol. The summed E-state index contributed by atoms with van der Waals surface area (Å²) in [5, 5.41) is 11.2. The number of ether oxygens (including phenoxy) is 1. The monoisotopic (exact) mass is 636 g/mol. The molecule has 1 aromatic heterocycles. The largest absolute Gasteiger partial charge is 0.361 e. The fourth-order valence-electron chi connectivity index (χ4n) is 5.07. The summed E-state index contributed by atoms with van der Waals surface area (Å²) in [5.41, 5.74) is 0.146. The predicted molar refractivity (Wildman–Crippen MR) is 172 cm³/mol. The lowest BCUT2D eigenvalue weighted by Gasteiger charge is -2.27. The molecule has 46 heavy (non-hydrogen) atoms. The number of carbonyl (C=O) groups excluding carboxylic acids is 5. The number of nitrogens with one attached hydrogen (secondary N) is 4. The maximum atomic E-state index is 13.7. The van der Waals surface area contributed by atoms with Crippen molar-refractivity contribution in [1.82, 2.24) is 31.2 Å². The van der Waals surface area contributed by atoms with Crippen molar-refractivity contribution in [2.75, 3.05) is 6.61 Å². The lowest BCUT2D eigenvalue weighted by Crippen LogP contribution is -2.58. The number of aromatic nitrogens is 2. The van der Waals surface area contributed by atoms with Gasteiger partial charge < -0.3 is 26.0 Å². The first-order valence-corrected chi connectivity index (χ1v) is 16.0. The fourth-order valence-corrected chi connectivity index (χ4v) is 5.07. The molecule has 0 bridgehead atoms. The van der Waals surface area contributed by atoms with Gasteiger partial charge in [-0.25, -0.2) is 4.98 Å². The third-order valence-electron chi connectivity index (χ3n) is 7.80. The van der Waals surface area contributed by atoms with Gasteiger partial charge in [0.2, 0.25) is 17.7 Å². The van der Waals surface area contributed by atoms with Gasteiger partial charge >= 0.3 is 0 Å². The molecule has 1 aliphatic heterocycles. The van der Waals surface area contributed by atoms with E-state index in [2.05, 4.69) is 31.2 Å². The van der Waals surface area contributed by atoms with Crippen molar-refractivity contribution in [1.29, 1.82) is 0 Å². The van der Waals surface area contributed by atoms with Crippen LogP contribution >= 0.6 is 0 Å². The molecule has 4 amide bonds. The van der Waals surface area contributed by atoms with Gasteiger partial charge in [0, 0.05) is 12.4 Å². The molecule has 1 aromatic carbocycles. The highest BCUT2D eigenvalue weighted by molar-refractivity contribution is 5.99. The number of epoxide rings is 1. The molecule has 4 N–H and O–H groups in total. The second-order valence-electron chi connectivity index (χ2n) is 12.9. The van der Waals surface area contributed by atoms with Crippen LogP contribution in [0.1, 0.15) is 83.3 Å². The van der Waals surface area contributed by atoms with Crippen LogP contribution in [-0.2, 0) is 30.3 Å². The SMILES string of the molecule is CCC(NC(=O)C(CC(C)C)NC(=O)C(CCc1ccccc1)NC(=O)c1cnccn1)C(=O)NC(CC(C)C)C(=O)C1(C)CO1. The predicted octanol–water partition coefficient (Wildman–Crippen LogP) is 2.52. The van der Waals surface area contributed by atoms with Crippen molar-refractivity contribution in [3.05, 3.63) is 60.2 Å². The van der Waals surface area contributed by atoms with Crippen LogP contribution in [0.4, 0.5) is 0 Å². The van der Waals surface area contributed by atoms with Gasteiger partial charge in [0.1, 0.15) is 29.4 Å². The van der Waals surface area contributed by atoms with E-state index < -0.39 is 53.4 Å². The van der Waals surface area contributed by atoms with Crippen molar-refractivity contribution in [2.24, 2.45) is 11.8 Å². The summed E-state index contributed by atoms with van der Waals surface area (Å²) in [4.78, 5) is 74.6. The number of benzene rings is 1. The highest BCUT2D eigenvalue weighted by atomic mass is 16.6. The van der Waals surface area contributed by atoms with E-state index in [0.717, 1.165) is 5.56 Å². The zero-order valence-electron chi connectivity index (χ0n) is 27.7. The Bertz CT molecular complexity index is 1330. The minimum absolute atomic E-state index is 0.0224. The van der Waals surface area contributed by atoms with Gasteiger partial charge in [0.25, 0.3) is 5.91 Å². The third-order valence-corrected chi connectivity index (χ3v) is 7.80. The summed E-state index contributed by atoms with van der Waals surface area (Å²) < 4.78 is 5.33. The molecule has 250 valence electrons. The molecule has 0 radical (unpaired) electrons. The standard InChI is InChI=1S/C34H48N6O6/c1-7-24(30(42)39-26(17-21(2)3)29(41)34(6)20-46-34)37-32(44)27(18-22(4)5)40-31(43)25(14-13-23-11-9-8-10-12-23)38-33(45)28-19-35-15-16-36-28/h8-12,15-16,19,21-22,24-27H,7,13-14,17-18,20H2,1-6H3,(H,37,44)(H,38,45)(H,39,42)(H,40,43). The summed E-state index contributed by atoms with van der Waals surface area (Å²) in [6.45, 7) is 11.5. The molecule has 1 aliphatic rings. The number of aryl methyl sites for hydroxylation is 1. The quantitative estimate of drug-likeness (QED) is 0.181. The summed E-state index contributed by atoms with van der Waals surface area (Å²) in [5.74, 6) is -2.14. The van der Waals surface area contributed by atoms with E-state index in [1.54, 1.807) is 13.8 Å². The Morgan fingerprint density at radius 2 is 1.37 bits per heavy atom. The van der Waals surface area contributed by atoms with E-state index in [9.17, 15) is 24.0 Å². The van der Waals surface area contributed by atoms with Gasteiger partial charge in [-0.2, -0.15) is 0 Å². The van der Waals surface area contributed by atoms with E-state index in [4.69, 9.17) is 4.74 Å². The number of rotatable bonds is 18. The Labute approximate surface area is 271 Å². The van der Waals surface area contributed by atoms with E-state index in [-0.39, 0.29) is 36.2 Å². The van der Waals surface area contributed by atoms with E-state index >= 15 is 0 Å². The minimum Gasteiger partial charge on any atom is -0.361 e. The Kier molecular flexibility index (Phi) is 13.4. The van der Waals surface area contributed by atoms with Gasteiger partial charge in [-0.1, -0.05) is 65.0 Å². The van der Waals surface area contributed by atoms with Crippen LogP contribution in [0.3, 0.4) is 0 Å². The Hall–Kier alpha value is -4.19. The normalized spacial score (nSPS) is 18.2. The highest BCUT2D eigenvalue weighted by Gasteiger charge is 2.50. The molecule has 1 fully saturated rings. The molecule has 2 aromatic rings. The molecule has 2 heterocycles. The molecule has 3 rings (SSSR count). The van der Waals surface area contributed by atoms with Gasteiger partial charge in [-0.15, -0.1) is 0 Å². The van der Waals surface area contributed by atoms with Crippen LogP contribution in [0.5, 0.6) is 0 Å². The van der Waals surface area contributed by atoms with Gasteiger partial charge in [-0.3, -0.25) is 29.0 Å². The topological polar surface area (TPSA) is 172 Å². The van der Waals surface area contributed by atoms with Crippen molar-refractivity contribution < 1.29 is 28.7 Å². The molecule has 1 saturated heterocycles. The lowest BCUT2D eigenvalue weighted by atomic mass is 9.93. The Balaban J connectivity index is 1.73. The number of ketones is 1. The Morgan fingerprint density at radius 1 is 0.804 bits per heavy atom. The van der Waals surface area contributed by atoms with Gasteiger partial charge in [0.15, 0.2) is 5.78 Å². The molecule has 12 heteroatoms. The summed E-state index contributed by atoms with van der Waals surface area (Å²) in [7, 11) is 0. The average Bonchev–Trinajstić information content (AvgIpc) is 3.79. The van der Waals surface area contributed by atoms with Crippen molar-refractivity contribution >= 4 is 29.4 Å². The van der Waals surface area contributed by atoms with Crippen molar-refractivity contribution in [2.45, 2.75) is 103 Å². The number of carbonyl (C=O) groups is 5. The van der Waals surface area contributed by atoms with Gasteiger partial charge in [-0.05, 0) is 56.4 Å². The van der Waals surface area contributed by atoms with Crippen molar-refractivity contribution in [3.8, 4) is 0 Å². The highest BCUT2D eigenvalue weighted by Crippen LogP contribution is 2.29. The van der Waals surface area contributed by atoms with Crippen LogP contribution in [0.2, 0.25) is 0 Å². The lowest BCUT2D eigenvalue weighted by molar-refractivity contribution is -0.134. The number of Topliss-reactive ketones (excluding diaryl/α,β-unsaturated/α-hetero) is 1. The summed E-state index contributed by atoms with van der Waals surface area (Å²) >= 11 is 0. The number of amides is 4. The number of hydrogen-bond acceptors (Lipinski definition) is 8. The second kappa shape index (κ2) is 16.9. The van der Waals surface area contributed by atoms with E-state index in [1.807, 2.05) is 58.0 Å². The minimum atomic E-state index is -0.978. The van der Waals surface area contributed by atoms with Crippen LogP contribution in [-0.4, -0.2) is 75.8 Å². The fraction of sp³-hybridized carbons (Fsp3) is 0.559. The number of nitrogens with zero attached hydrogens (tertiary/aromatic N) is 2. The van der Waals surface area contributed by atoms with Crippen LogP contribution in [0.15, 0.2) is 48.9 Å². The first kappa shape index (κ1) is 36.3. The zero-order chi connectivity index (χ0) is 33.9. The molecule has 5 unspecified atom stereocenters. The van der Waals surface area contributed by atoms with Crippen LogP contribution in [0.25, 0.3) is 0 Å². The molecule has 5 atom stereocenters. The van der Waals surface area contributed by atoms with Crippen LogP contribution < -0.4 is 21.3 Å². The molecular weight excluding hydrogens is 588 g/mol. The molecular formula is C34H48N6O6. The summed E-state index contributed by atoms with van der Waals surface area (Å²) in [6, 6.07) is 5.92. The third kappa shape index (κ3) is 11.0. The molecule has 12 nitrogen and oxygen atoms in total. The first-order chi connectivity index (χ1) is 21.8. The zero-order valence-corrected chi connectivity index (χ0v) is 27.7. The van der Waals surface area contributed by atoms with E-state index in [1.165, 1.54) is 18.6 Å². The van der Waals surface area contributed by atoms with Crippen molar-refractivity contribution in [3.63, 3.8) is 0 Å². The number of hydrogen-bond donors (Lipinski definition) is 4. The second-order valence-corrected chi connectivity index (χ2v) is 12.9. The maximum absolute atomic E-state index is 13.7. The maximum Gasteiger partial charge on any atom is 0.272 e. The van der Waals surface area contributed by atoms with Gasteiger partial charge in [0.05, 0.1) is 18.8 Å². The Morgan fingerprint density at radius 3 is 1.93 bits per heavy atom. The smallest absolute Gasteiger partial charge is 0.272 e. The summed E-state index contributed by atoms with van der Waals surface area (Å²) in [6.07, 6.45) is 5.91. The molecule has 0 saturated carbocycles. The molecule has 0 aliphatic carbocycles. The van der Waals surface area contributed by atoms with Crippen LogP contribution in [0, 0.1) is 11.8 Å². The molecule has 0 spiro atoms.